The molecule has 0 aliphatic heterocycles. The van der Waals surface area contributed by atoms with Gasteiger partial charge in [0.05, 0.1) is 27.2 Å². The monoisotopic (exact) mass is 409 g/mol. The van der Waals surface area contributed by atoms with E-state index in [9.17, 15) is 12.6 Å². The van der Waals surface area contributed by atoms with Gasteiger partial charge >= 0.3 is 0 Å². The molecule has 23 heavy (non-hydrogen) atoms. The highest BCUT2D eigenvalue weighted by Crippen LogP contribution is 2.27. The molecule has 0 rings (SSSR count). The van der Waals surface area contributed by atoms with Crippen LogP contribution in [0.5, 0.6) is 0 Å². The molecule has 0 radical (unpaired) electrons. The number of hydrogen-bond donors (Lipinski definition) is 0. The Bertz CT molecular complexity index is 391. The Hall–Kier alpha value is 0.310. The quantitative estimate of drug-likeness (QED) is 0.441. The van der Waals surface area contributed by atoms with Gasteiger partial charge in [-0.3, -0.25) is 4.21 Å². The van der Waals surface area contributed by atoms with Crippen molar-refractivity contribution in [2.75, 3.05) is 58.3 Å². The van der Waals surface area contributed by atoms with Gasteiger partial charge < -0.3 is 0 Å². The van der Waals surface area contributed by atoms with E-state index in [1.807, 2.05) is 13.8 Å². The minimum atomic E-state index is -2.67. The lowest BCUT2D eigenvalue weighted by atomic mass is 10.4. The SMILES string of the molecule is C.C=C(C)C.C=P(C)(C)C.C=[P+](C)C.CS(C)(=O)=O.CS(C)=O. The maximum atomic E-state index is 9.63. The molecule has 0 N–H and O–H groups in total. The van der Waals surface area contributed by atoms with Crippen LogP contribution >= 0.6 is 14.4 Å². The van der Waals surface area contributed by atoms with Crippen LogP contribution in [-0.4, -0.2) is 83.6 Å². The predicted octanol–water partition coefficient (Wildman–Crippen LogP) is 4.36. The highest BCUT2D eigenvalue weighted by atomic mass is 32.2. The molecule has 7 heteroatoms. The fourth-order valence-electron chi connectivity index (χ4n) is 0. The highest BCUT2D eigenvalue weighted by Gasteiger charge is 1.79. The first-order valence-corrected chi connectivity index (χ1v) is 16.4. The van der Waals surface area contributed by atoms with Gasteiger partial charge in [-0.25, -0.2) is 8.42 Å². The molecule has 0 fully saturated rings. The Kier molecular flexibility index (Phi) is 37.6. The molecule has 0 saturated carbocycles. The molecule has 0 aliphatic carbocycles. The number of rotatable bonds is 0. The molecular formula is C16H43O3P2S2+. The van der Waals surface area contributed by atoms with Crippen LogP contribution in [0, 0.1) is 0 Å². The van der Waals surface area contributed by atoms with E-state index >= 15 is 0 Å². The van der Waals surface area contributed by atoms with Crippen molar-refractivity contribution in [1.82, 2.24) is 0 Å². The molecule has 0 aliphatic rings. The minimum Gasteiger partial charge on any atom is -0.260 e. The number of allylic oxidation sites excluding steroid dienone is 1. The Labute approximate surface area is 152 Å². The van der Waals surface area contributed by atoms with Crippen molar-refractivity contribution in [3.63, 3.8) is 0 Å². The summed E-state index contributed by atoms with van der Waals surface area (Å²) in [5.41, 5.74) is 1.17. The normalized spacial score (nSPS) is 8.87. The van der Waals surface area contributed by atoms with Crippen molar-refractivity contribution < 1.29 is 12.6 Å². The average molecular weight is 410 g/mol. The molecule has 3 nitrogen and oxygen atoms in total. The van der Waals surface area contributed by atoms with Crippen LogP contribution in [0.1, 0.15) is 21.3 Å². The molecule has 0 aromatic rings. The molecule has 0 atom stereocenters. The van der Waals surface area contributed by atoms with Crippen LogP contribution in [0.4, 0.5) is 0 Å². The minimum absolute atomic E-state index is 0. The van der Waals surface area contributed by atoms with Gasteiger partial charge in [0.15, 0.2) is 0 Å². The van der Waals surface area contributed by atoms with Crippen LogP contribution in [0.3, 0.4) is 0 Å². The zero-order chi connectivity index (χ0) is 19.7. The van der Waals surface area contributed by atoms with Gasteiger partial charge in [0.1, 0.15) is 9.84 Å². The molecule has 0 aromatic carbocycles. The molecular weight excluding hydrogens is 366 g/mol. The molecule has 0 heterocycles. The van der Waals surface area contributed by atoms with Crippen LogP contribution in [0.2, 0.25) is 0 Å². The summed E-state index contributed by atoms with van der Waals surface area (Å²) in [6.45, 7) is 17.7. The van der Waals surface area contributed by atoms with Gasteiger partial charge in [-0.2, -0.15) is 0 Å². The first kappa shape index (κ1) is 38.7. The third kappa shape index (κ3) is 95800. The van der Waals surface area contributed by atoms with Crippen LogP contribution < -0.4 is 0 Å². The van der Waals surface area contributed by atoms with E-state index in [1.165, 1.54) is 5.57 Å². The number of sulfone groups is 1. The first-order valence-electron chi connectivity index (χ1n) is 6.36. The largest absolute Gasteiger partial charge is 0.260 e. The van der Waals surface area contributed by atoms with Gasteiger partial charge in [0.25, 0.3) is 0 Å². The van der Waals surface area contributed by atoms with Gasteiger partial charge in [0, 0.05) is 35.8 Å². The summed E-state index contributed by atoms with van der Waals surface area (Å²) < 4.78 is 28.8. The molecule has 0 bridgehead atoms. The lowest BCUT2D eigenvalue weighted by Gasteiger charge is -1.96. The standard InChI is InChI=1S/C4H11P.C4H8.C3H8P.C2H6O2S.C2H6OS.CH4/c1-5(2,3)4;2*1-4(2)3;1-5(2,3)4;1-4(2)3;/h1H2,2-4H3;2*1H2,2-3H3;1-2H3;1-2H3;1H4/q;;+1;;;. The summed E-state index contributed by atoms with van der Waals surface area (Å²) in [6.07, 6.45) is 13.2. The predicted molar refractivity (Wildman–Crippen MR) is 126 cm³/mol. The van der Waals surface area contributed by atoms with Crippen molar-refractivity contribution in [1.29, 1.82) is 0 Å². The third-order valence-electron chi connectivity index (χ3n) is 0. The highest BCUT2D eigenvalue weighted by molar-refractivity contribution is 7.89. The van der Waals surface area contributed by atoms with Crippen molar-refractivity contribution in [3.05, 3.63) is 12.2 Å². The Morgan fingerprint density at radius 1 is 1.04 bits per heavy atom. The molecule has 0 saturated heterocycles. The summed E-state index contributed by atoms with van der Waals surface area (Å²) in [4.78, 5) is 0. The van der Waals surface area contributed by atoms with Crippen molar-refractivity contribution in [2.24, 2.45) is 0 Å². The Balaban J connectivity index is -0.0000000390. The Morgan fingerprint density at radius 2 is 1.04 bits per heavy atom. The van der Waals surface area contributed by atoms with Crippen molar-refractivity contribution in [2.45, 2.75) is 21.3 Å². The smallest absolute Gasteiger partial charge is 0.144 e. The van der Waals surface area contributed by atoms with Crippen LogP contribution in [-0.2, 0) is 20.6 Å². The fourth-order valence-corrected chi connectivity index (χ4v) is 0. The molecule has 0 amide bonds. The van der Waals surface area contributed by atoms with Gasteiger partial charge in [0.2, 0.25) is 0 Å². The van der Waals surface area contributed by atoms with Gasteiger partial charge in [-0.1, -0.05) is 13.0 Å². The summed E-state index contributed by atoms with van der Waals surface area (Å²) in [7, 11) is -3.15. The summed E-state index contributed by atoms with van der Waals surface area (Å²) in [6, 6.07) is 0. The average Bonchev–Trinajstić information content (AvgIpc) is 1.88. The first-order chi connectivity index (χ1) is 9.20. The lowest BCUT2D eigenvalue weighted by Crippen LogP contribution is -1.86. The zero-order valence-corrected chi connectivity index (χ0v) is 20.0. The lowest BCUT2D eigenvalue weighted by molar-refractivity contribution is 0.607. The molecule has 0 aromatic heterocycles. The van der Waals surface area contributed by atoms with Crippen molar-refractivity contribution in [3.8, 4) is 0 Å². The second-order valence-electron chi connectivity index (χ2n) is 6.46. The summed E-state index contributed by atoms with van der Waals surface area (Å²) in [5.74, 6) is 0. The van der Waals surface area contributed by atoms with Crippen molar-refractivity contribution >= 4 is 47.7 Å². The number of hydrogen-bond acceptors (Lipinski definition) is 3. The van der Waals surface area contributed by atoms with E-state index < -0.39 is 27.5 Å². The second kappa shape index (κ2) is 22.3. The van der Waals surface area contributed by atoms with E-state index in [1.54, 1.807) is 12.5 Å². The maximum absolute atomic E-state index is 9.63. The van der Waals surface area contributed by atoms with Crippen LogP contribution in [0.15, 0.2) is 12.2 Å². The van der Waals surface area contributed by atoms with E-state index in [0.717, 1.165) is 12.5 Å². The summed E-state index contributed by atoms with van der Waals surface area (Å²) in [5, 5.41) is 0. The van der Waals surface area contributed by atoms with Gasteiger partial charge in [-0.15, -0.1) is 19.8 Å². The Morgan fingerprint density at radius 3 is 1.04 bits per heavy atom. The van der Waals surface area contributed by atoms with E-state index in [0.29, 0.717) is 0 Å². The molecule has 146 valence electrons. The molecule has 0 unspecified atom stereocenters. The van der Waals surface area contributed by atoms with E-state index in [-0.39, 0.29) is 15.0 Å². The van der Waals surface area contributed by atoms with Crippen LogP contribution in [0.25, 0.3) is 0 Å². The maximum Gasteiger partial charge on any atom is 0.144 e. The zero-order valence-electron chi connectivity index (χ0n) is 16.6. The van der Waals surface area contributed by atoms with Gasteiger partial charge in [-0.05, 0) is 33.8 Å². The van der Waals surface area contributed by atoms with E-state index in [2.05, 4.69) is 52.5 Å². The molecule has 0 spiro atoms. The summed E-state index contributed by atoms with van der Waals surface area (Å²) >= 11 is 0. The topological polar surface area (TPSA) is 51.2 Å². The van der Waals surface area contributed by atoms with E-state index in [4.69, 9.17) is 0 Å². The second-order valence-corrected chi connectivity index (χ2v) is 17.0. The third-order valence-corrected chi connectivity index (χ3v) is 0. The fraction of sp³-hybridized carbons (Fsp3) is 0.750.